The third-order valence-electron chi connectivity index (χ3n) is 3.97. The lowest BCUT2D eigenvalue weighted by atomic mass is 10.1. The van der Waals surface area contributed by atoms with Gasteiger partial charge in [-0.25, -0.2) is 4.98 Å². The fraction of sp³-hybridized carbons (Fsp3) is 0.353. The third-order valence-corrected chi connectivity index (χ3v) is 3.97. The van der Waals surface area contributed by atoms with Crippen molar-refractivity contribution in [3.63, 3.8) is 0 Å². The Morgan fingerprint density at radius 1 is 1.35 bits per heavy atom. The zero-order valence-corrected chi connectivity index (χ0v) is 14.1. The zero-order chi connectivity index (χ0) is 15.7. The van der Waals surface area contributed by atoms with Crippen molar-refractivity contribution >= 4 is 18.3 Å². The number of halogens is 1. The highest BCUT2D eigenvalue weighted by molar-refractivity contribution is 5.95. The van der Waals surface area contributed by atoms with E-state index < -0.39 is 0 Å². The first-order valence-electron chi connectivity index (χ1n) is 7.50. The molecule has 2 aromatic rings. The Morgan fingerprint density at radius 2 is 2.13 bits per heavy atom. The van der Waals surface area contributed by atoms with Crippen LogP contribution in [0, 0.1) is 13.8 Å². The molecule has 2 heterocycles. The van der Waals surface area contributed by atoms with Crippen molar-refractivity contribution in [3.05, 3.63) is 47.4 Å². The minimum atomic E-state index is 0. The van der Waals surface area contributed by atoms with Crippen molar-refractivity contribution in [1.82, 2.24) is 14.9 Å². The number of rotatable bonds is 2. The van der Waals surface area contributed by atoms with E-state index in [9.17, 15) is 4.79 Å². The van der Waals surface area contributed by atoms with Crippen LogP contribution in [0.2, 0.25) is 0 Å². The standard InChI is InChI=1S/C17H20N4O.ClH/c1-11-9-19-12(2)16(20-11)13-4-3-5-14(8-13)17(22)21-7-6-15(18)10-21;/h3-5,8-9,15H,6-7,10,18H2,1-2H3;1H. The Bertz CT molecular complexity index is 719. The Morgan fingerprint density at radius 3 is 2.83 bits per heavy atom. The number of aromatic nitrogens is 2. The van der Waals surface area contributed by atoms with E-state index in [2.05, 4.69) is 9.97 Å². The number of nitrogens with zero attached hydrogens (tertiary/aromatic N) is 3. The van der Waals surface area contributed by atoms with E-state index in [0.29, 0.717) is 12.1 Å². The SMILES string of the molecule is Cc1cnc(C)c(-c2cccc(C(=O)N3CCC(N)C3)c2)n1.Cl. The van der Waals surface area contributed by atoms with Crippen LogP contribution >= 0.6 is 12.4 Å². The number of nitrogens with two attached hydrogens (primary N) is 1. The molecule has 1 aromatic carbocycles. The number of carbonyl (C=O) groups excluding carboxylic acids is 1. The number of carbonyl (C=O) groups is 1. The van der Waals surface area contributed by atoms with E-state index >= 15 is 0 Å². The molecular formula is C17H21ClN4O. The average molecular weight is 333 g/mol. The minimum Gasteiger partial charge on any atom is -0.337 e. The van der Waals surface area contributed by atoms with E-state index in [-0.39, 0.29) is 24.4 Å². The van der Waals surface area contributed by atoms with Crippen molar-refractivity contribution in [3.8, 4) is 11.3 Å². The second-order valence-electron chi connectivity index (χ2n) is 5.83. The average Bonchev–Trinajstić information content (AvgIpc) is 2.95. The summed E-state index contributed by atoms with van der Waals surface area (Å²) in [5.41, 5.74) is 10.0. The van der Waals surface area contributed by atoms with Crippen molar-refractivity contribution < 1.29 is 4.79 Å². The maximum absolute atomic E-state index is 12.6. The first kappa shape index (κ1) is 17.4. The normalized spacial score (nSPS) is 17.0. The van der Waals surface area contributed by atoms with Crippen molar-refractivity contribution in [2.24, 2.45) is 5.73 Å². The second kappa shape index (κ2) is 7.06. The Hall–Kier alpha value is -1.98. The summed E-state index contributed by atoms with van der Waals surface area (Å²) in [6, 6.07) is 7.68. The first-order chi connectivity index (χ1) is 10.5. The van der Waals surface area contributed by atoms with E-state index in [4.69, 9.17) is 5.73 Å². The summed E-state index contributed by atoms with van der Waals surface area (Å²) >= 11 is 0. The fourth-order valence-electron chi connectivity index (χ4n) is 2.76. The van der Waals surface area contributed by atoms with Gasteiger partial charge in [-0.1, -0.05) is 12.1 Å². The second-order valence-corrected chi connectivity index (χ2v) is 5.83. The molecule has 5 nitrogen and oxygen atoms in total. The molecule has 2 N–H and O–H groups in total. The van der Waals surface area contributed by atoms with Gasteiger partial charge in [0.15, 0.2) is 0 Å². The molecule has 1 unspecified atom stereocenters. The van der Waals surface area contributed by atoms with Crippen LogP contribution in [-0.2, 0) is 0 Å². The predicted octanol–water partition coefficient (Wildman–Crippen LogP) is 2.36. The Kier molecular flexibility index (Phi) is 5.34. The van der Waals surface area contributed by atoms with Gasteiger partial charge in [0, 0.05) is 36.5 Å². The molecule has 1 amide bonds. The molecular weight excluding hydrogens is 312 g/mol. The summed E-state index contributed by atoms with van der Waals surface area (Å²) in [6.07, 6.45) is 2.62. The fourth-order valence-corrected chi connectivity index (χ4v) is 2.76. The van der Waals surface area contributed by atoms with Crippen LogP contribution in [0.1, 0.15) is 28.2 Å². The molecule has 1 atom stereocenters. The zero-order valence-electron chi connectivity index (χ0n) is 13.3. The largest absolute Gasteiger partial charge is 0.337 e. The number of likely N-dealkylation sites (tertiary alicyclic amines) is 1. The molecule has 0 bridgehead atoms. The molecule has 3 rings (SSSR count). The molecule has 1 aromatic heterocycles. The van der Waals surface area contributed by atoms with Gasteiger partial charge < -0.3 is 10.6 Å². The number of benzene rings is 1. The van der Waals surface area contributed by atoms with Crippen LogP contribution in [0.4, 0.5) is 0 Å². The summed E-state index contributed by atoms with van der Waals surface area (Å²) in [6.45, 7) is 5.20. The summed E-state index contributed by atoms with van der Waals surface area (Å²) in [5, 5.41) is 0. The van der Waals surface area contributed by atoms with Gasteiger partial charge in [0.2, 0.25) is 0 Å². The monoisotopic (exact) mass is 332 g/mol. The van der Waals surface area contributed by atoms with Crippen molar-refractivity contribution in [2.75, 3.05) is 13.1 Å². The van der Waals surface area contributed by atoms with Crippen LogP contribution in [-0.4, -0.2) is 39.9 Å². The van der Waals surface area contributed by atoms with E-state index in [0.717, 1.165) is 35.6 Å². The Labute approximate surface area is 142 Å². The van der Waals surface area contributed by atoms with Gasteiger partial charge in [-0.2, -0.15) is 0 Å². The van der Waals surface area contributed by atoms with Gasteiger partial charge in [0.1, 0.15) is 0 Å². The molecule has 1 fully saturated rings. The Balaban J connectivity index is 0.00000192. The van der Waals surface area contributed by atoms with Crippen molar-refractivity contribution in [2.45, 2.75) is 26.3 Å². The molecule has 0 saturated carbocycles. The minimum absolute atomic E-state index is 0. The number of hydrogen-bond acceptors (Lipinski definition) is 4. The van der Waals surface area contributed by atoms with Crippen LogP contribution < -0.4 is 5.73 Å². The summed E-state index contributed by atoms with van der Waals surface area (Å²) in [7, 11) is 0. The number of hydrogen-bond donors (Lipinski definition) is 1. The molecule has 6 heteroatoms. The van der Waals surface area contributed by atoms with Crippen molar-refractivity contribution in [1.29, 1.82) is 0 Å². The van der Waals surface area contributed by atoms with E-state index in [1.165, 1.54) is 0 Å². The van der Waals surface area contributed by atoms with Crippen LogP contribution in [0.5, 0.6) is 0 Å². The molecule has 23 heavy (non-hydrogen) atoms. The molecule has 1 saturated heterocycles. The molecule has 1 aliphatic heterocycles. The van der Waals surface area contributed by atoms with Gasteiger partial charge in [-0.05, 0) is 32.4 Å². The van der Waals surface area contributed by atoms with Gasteiger partial charge in [0.05, 0.1) is 17.1 Å². The van der Waals surface area contributed by atoms with Gasteiger partial charge in [-0.15, -0.1) is 12.4 Å². The third kappa shape index (κ3) is 3.68. The highest BCUT2D eigenvalue weighted by atomic mass is 35.5. The lowest BCUT2D eigenvalue weighted by molar-refractivity contribution is 0.0791. The molecule has 0 spiro atoms. The van der Waals surface area contributed by atoms with Crippen LogP contribution in [0.15, 0.2) is 30.5 Å². The quantitative estimate of drug-likeness (QED) is 0.916. The van der Waals surface area contributed by atoms with Gasteiger partial charge in [0.25, 0.3) is 5.91 Å². The summed E-state index contributed by atoms with van der Waals surface area (Å²) in [4.78, 5) is 23.3. The number of amides is 1. The summed E-state index contributed by atoms with van der Waals surface area (Å²) in [5.74, 6) is 0.0352. The van der Waals surface area contributed by atoms with E-state index in [1.54, 1.807) is 6.20 Å². The highest BCUT2D eigenvalue weighted by Crippen LogP contribution is 2.22. The molecule has 0 aliphatic carbocycles. The van der Waals surface area contributed by atoms with Gasteiger partial charge >= 0.3 is 0 Å². The maximum atomic E-state index is 12.6. The molecule has 122 valence electrons. The predicted molar refractivity (Wildman–Crippen MR) is 92.7 cm³/mol. The summed E-state index contributed by atoms with van der Waals surface area (Å²) < 4.78 is 0. The van der Waals surface area contributed by atoms with Gasteiger partial charge in [-0.3, -0.25) is 9.78 Å². The van der Waals surface area contributed by atoms with Crippen LogP contribution in [0.25, 0.3) is 11.3 Å². The number of aryl methyl sites for hydroxylation is 2. The van der Waals surface area contributed by atoms with Crippen LogP contribution in [0.3, 0.4) is 0 Å². The topological polar surface area (TPSA) is 72.1 Å². The van der Waals surface area contributed by atoms with E-state index in [1.807, 2.05) is 43.0 Å². The lowest BCUT2D eigenvalue weighted by Crippen LogP contribution is -2.31. The lowest BCUT2D eigenvalue weighted by Gasteiger charge is -2.16. The molecule has 1 aliphatic rings. The molecule has 0 radical (unpaired) electrons. The first-order valence-corrected chi connectivity index (χ1v) is 7.50. The maximum Gasteiger partial charge on any atom is 0.253 e. The highest BCUT2D eigenvalue weighted by Gasteiger charge is 2.24. The smallest absolute Gasteiger partial charge is 0.253 e.